The molecule has 0 aromatic heterocycles. The third-order valence-electron chi connectivity index (χ3n) is 6.90. The largest absolute Gasteiger partial charge is 0.507 e. The second kappa shape index (κ2) is 9.85. The normalized spacial score (nSPS) is 17.4. The number of aliphatic hydroxyl groups excluding tert-OH is 1. The van der Waals surface area contributed by atoms with Gasteiger partial charge in [0.15, 0.2) is 0 Å². The van der Waals surface area contributed by atoms with Crippen molar-refractivity contribution in [1.29, 1.82) is 0 Å². The molecule has 1 unspecified atom stereocenters. The standard InChI is InChI=1S/C31H32FNO4/c1-18-16-25(37-6)19(2)15-24(18)28(34)26-27(21-9-11-22(12-10-21)31(3,4)5)33(30(36)29(26)35)17-20-7-13-23(32)14-8-20/h7-16,27,34H,17H2,1-6H3/b28-26+. The van der Waals surface area contributed by atoms with Crippen LogP contribution in [0.2, 0.25) is 0 Å². The van der Waals surface area contributed by atoms with Crippen LogP contribution < -0.4 is 4.74 Å². The third-order valence-corrected chi connectivity index (χ3v) is 6.90. The summed E-state index contributed by atoms with van der Waals surface area (Å²) >= 11 is 0. The molecule has 1 fully saturated rings. The first-order valence-corrected chi connectivity index (χ1v) is 12.2. The monoisotopic (exact) mass is 501 g/mol. The number of aryl methyl sites for hydroxylation is 2. The molecule has 0 radical (unpaired) electrons. The summed E-state index contributed by atoms with van der Waals surface area (Å²) in [7, 11) is 1.57. The average molecular weight is 502 g/mol. The quantitative estimate of drug-likeness (QED) is 0.251. The molecule has 37 heavy (non-hydrogen) atoms. The van der Waals surface area contributed by atoms with Crippen molar-refractivity contribution in [2.24, 2.45) is 0 Å². The van der Waals surface area contributed by atoms with Crippen molar-refractivity contribution in [3.8, 4) is 5.75 Å². The molecule has 0 aliphatic carbocycles. The van der Waals surface area contributed by atoms with Crippen molar-refractivity contribution in [2.75, 3.05) is 7.11 Å². The van der Waals surface area contributed by atoms with E-state index in [0.29, 0.717) is 28.0 Å². The van der Waals surface area contributed by atoms with Gasteiger partial charge in [-0.15, -0.1) is 0 Å². The Labute approximate surface area is 217 Å². The van der Waals surface area contributed by atoms with E-state index in [1.807, 2.05) is 38.1 Å². The lowest BCUT2D eigenvalue weighted by atomic mass is 9.85. The highest BCUT2D eigenvalue weighted by atomic mass is 19.1. The molecule has 0 spiro atoms. The number of nitrogens with zero attached hydrogens (tertiary/aromatic N) is 1. The molecular weight excluding hydrogens is 469 g/mol. The summed E-state index contributed by atoms with van der Waals surface area (Å²) in [6.45, 7) is 10.1. The summed E-state index contributed by atoms with van der Waals surface area (Å²) in [5.41, 5.74) is 4.42. The first-order chi connectivity index (χ1) is 17.4. The van der Waals surface area contributed by atoms with Crippen LogP contribution in [0.3, 0.4) is 0 Å². The van der Waals surface area contributed by atoms with Gasteiger partial charge in [0, 0.05) is 12.1 Å². The molecule has 1 N–H and O–H groups in total. The zero-order valence-corrected chi connectivity index (χ0v) is 22.1. The number of hydrogen-bond donors (Lipinski definition) is 1. The number of aliphatic hydroxyl groups is 1. The molecule has 0 saturated carbocycles. The van der Waals surface area contributed by atoms with Crippen LogP contribution in [0, 0.1) is 19.7 Å². The number of methoxy groups -OCH3 is 1. The van der Waals surface area contributed by atoms with Gasteiger partial charge < -0.3 is 14.7 Å². The SMILES string of the molecule is COc1cc(C)c(/C(O)=C2\C(=O)C(=O)N(Cc3ccc(F)cc3)C2c2ccc(C(C)(C)C)cc2)cc1C. The van der Waals surface area contributed by atoms with Crippen LogP contribution >= 0.6 is 0 Å². The van der Waals surface area contributed by atoms with Gasteiger partial charge in [-0.05, 0) is 71.3 Å². The van der Waals surface area contributed by atoms with Crippen molar-refractivity contribution in [1.82, 2.24) is 4.90 Å². The van der Waals surface area contributed by atoms with E-state index in [1.54, 1.807) is 31.4 Å². The predicted octanol–water partition coefficient (Wildman–Crippen LogP) is 6.37. The summed E-state index contributed by atoms with van der Waals surface area (Å²) in [6, 6.07) is 16.3. The summed E-state index contributed by atoms with van der Waals surface area (Å²) in [5, 5.41) is 11.5. The Kier molecular flexibility index (Phi) is 6.96. The Morgan fingerprint density at radius 2 is 1.59 bits per heavy atom. The van der Waals surface area contributed by atoms with E-state index in [9.17, 15) is 19.1 Å². The minimum absolute atomic E-state index is 0.0308. The van der Waals surface area contributed by atoms with E-state index in [1.165, 1.54) is 17.0 Å². The zero-order valence-electron chi connectivity index (χ0n) is 22.1. The van der Waals surface area contributed by atoms with Crippen LogP contribution in [0.4, 0.5) is 4.39 Å². The number of carbonyl (C=O) groups excluding carboxylic acids is 2. The molecule has 1 heterocycles. The Morgan fingerprint density at radius 1 is 0.973 bits per heavy atom. The van der Waals surface area contributed by atoms with Crippen molar-refractivity contribution < 1.29 is 23.8 Å². The van der Waals surface area contributed by atoms with Gasteiger partial charge in [0.1, 0.15) is 17.3 Å². The van der Waals surface area contributed by atoms with Crippen molar-refractivity contribution in [2.45, 2.75) is 52.6 Å². The van der Waals surface area contributed by atoms with Crippen LogP contribution in [0.1, 0.15) is 60.2 Å². The number of hydrogen-bond acceptors (Lipinski definition) is 4. The van der Waals surface area contributed by atoms with E-state index in [2.05, 4.69) is 20.8 Å². The number of ketones is 1. The van der Waals surface area contributed by atoms with Gasteiger partial charge in [0.25, 0.3) is 11.7 Å². The van der Waals surface area contributed by atoms with Gasteiger partial charge in [-0.2, -0.15) is 0 Å². The lowest BCUT2D eigenvalue weighted by Gasteiger charge is -2.27. The molecule has 1 saturated heterocycles. The van der Waals surface area contributed by atoms with Gasteiger partial charge in [0.2, 0.25) is 0 Å². The highest BCUT2D eigenvalue weighted by molar-refractivity contribution is 6.46. The highest BCUT2D eigenvalue weighted by Gasteiger charge is 2.46. The Hall–Kier alpha value is -3.93. The number of benzene rings is 3. The Balaban J connectivity index is 1.89. The van der Waals surface area contributed by atoms with Crippen LogP contribution in [0.15, 0.2) is 66.2 Å². The highest BCUT2D eigenvalue weighted by Crippen LogP contribution is 2.42. The van der Waals surface area contributed by atoms with Gasteiger partial charge in [0.05, 0.1) is 18.7 Å². The molecular formula is C31H32FNO4. The van der Waals surface area contributed by atoms with E-state index in [-0.39, 0.29) is 29.1 Å². The van der Waals surface area contributed by atoms with E-state index in [0.717, 1.165) is 11.1 Å². The molecule has 4 rings (SSSR count). The summed E-state index contributed by atoms with van der Waals surface area (Å²) in [4.78, 5) is 28.2. The number of likely N-dealkylation sites (tertiary alicyclic amines) is 1. The fourth-order valence-electron chi connectivity index (χ4n) is 4.75. The summed E-state index contributed by atoms with van der Waals surface area (Å²) in [5.74, 6) is -1.41. The minimum atomic E-state index is -0.805. The maximum atomic E-state index is 13.5. The van der Waals surface area contributed by atoms with Crippen LogP contribution in [-0.2, 0) is 21.5 Å². The maximum absolute atomic E-state index is 13.5. The number of Topliss-reactive ketones (excluding diaryl/α,β-unsaturated/α-hetero) is 1. The smallest absolute Gasteiger partial charge is 0.295 e. The number of ether oxygens (including phenoxy) is 1. The van der Waals surface area contributed by atoms with E-state index in [4.69, 9.17) is 4.74 Å². The van der Waals surface area contributed by atoms with Gasteiger partial charge >= 0.3 is 0 Å². The molecule has 3 aromatic carbocycles. The average Bonchev–Trinajstić information content (AvgIpc) is 3.10. The molecule has 6 heteroatoms. The molecule has 5 nitrogen and oxygen atoms in total. The summed E-state index contributed by atoms with van der Waals surface area (Å²) < 4.78 is 18.9. The lowest BCUT2D eigenvalue weighted by Crippen LogP contribution is -2.29. The van der Waals surface area contributed by atoms with Gasteiger partial charge in [-0.1, -0.05) is 57.2 Å². The molecule has 1 atom stereocenters. The fraction of sp³-hybridized carbons (Fsp3) is 0.290. The van der Waals surface area contributed by atoms with Crippen molar-refractivity contribution in [3.63, 3.8) is 0 Å². The molecule has 0 bridgehead atoms. The number of carbonyl (C=O) groups is 2. The van der Waals surface area contributed by atoms with Crippen LogP contribution in [-0.4, -0.2) is 28.8 Å². The molecule has 1 aliphatic heterocycles. The Bertz CT molecular complexity index is 1380. The number of rotatable bonds is 5. The second-order valence-corrected chi connectivity index (χ2v) is 10.6. The number of halogens is 1. The number of amides is 1. The first kappa shape index (κ1) is 26.1. The van der Waals surface area contributed by atoms with Gasteiger partial charge in [-0.3, -0.25) is 9.59 Å². The van der Waals surface area contributed by atoms with Crippen molar-refractivity contribution in [3.05, 3.63) is 105 Å². The zero-order chi connectivity index (χ0) is 27.1. The molecule has 3 aromatic rings. The van der Waals surface area contributed by atoms with Crippen LogP contribution in [0.25, 0.3) is 5.76 Å². The van der Waals surface area contributed by atoms with Crippen molar-refractivity contribution >= 4 is 17.4 Å². The van der Waals surface area contributed by atoms with Gasteiger partial charge in [-0.25, -0.2) is 4.39 Å². The summed E-state index contributed by atoms with van der Waals surface area (Å²) in [6.07, 6.45) is 0. The second-order valence-electron chi connectivity index (χ2n) is 10.6. The predicted molar refractivity (Wildman–Crippen MR) is 142 cm³/mol. The molecule has 1 amide bonds. The Morgan fingerprint density at radius 3 is 2.16 bits per heavy atom. The van der Waals surface area contributed by atoms with E-state index < -0.39 is 17.7 Å². The minimum Gasteiger partial charge on any atom is -0.507 e. The first-order valence-electron chi connectivity index (χ1n) is 12.2. The molecule has 192 valence electrons. The van der Waals surface area contributed by atoms with E-state index >= 15 is 0 Å². The fourth-order valence-corrected chi connectivity index (χ4v) is 4.75. The topological polar surface area (TPSA) is 66.8 Å². The maximum Gasteiger partial charge on any atom is 0.295 e. The molecule has 1 aliphatic rings. The van der Waals surface area contributed by atoms with Crippen LogP contribution in [0.5, 0.6) is 5.75 Å². The third kappa shape index (κ3) is 5.01. The lowest BCUT2D eigenvalue weighted by molar-refractivity contribution is -0.140.